The van der Waals surface area contributed by atoms with E-state index >= 15 is 0 Å². The highest BCUT2D eigenvalue weighted by molar-refractivity contribution is 7.94. The van der Waals surface area contributed by atoms with E-state index in [0.717, 1.165) is 4.90 Å². The zero-order chi connectivity index (χ0) is 12.3. The third kappa shape index (κ3) is 1.00. The number of carbonyl (C=O) groups excluding carboxylic acids is 1. The molecule has 86 valence electrons. The molecule has 8 heteroatoms. The van der Waals surface area contributed by atoms with E-state index < -0.39 is 37.9 Å². The van der Waals surface area contributed by atoms with Crippen molar-refractivity contribution < 1.29 is 23.1 Å². The minimum Gasteiger partial charge on any atom is -0.480 e. The van der Waals surface area contributed by atoms with Crippen LogP contribution in [0.2, 0.25) is 6.32 Å². The molecule has 6 nitrogen and oxygen atoms in total. The van der Waals surface area contributed by atoms with E-state index in [4.69, 9.17) is 13.0 Å². The number of β-lactam (4-membered cyclic amide) rings is 1. The fourth-order valence-corrected chi connectivity index (χ4v) is 4.62. The minimum absolute atomic E-state index is 0.137. The molecule has 2 aliphatic rings. The third-order valence-corrected chi connectivity index (χ3v) is 6.25. The van der Waals surface area contributed by atoms with Gasteiger partial charge in [0, 0.05) is 0 Å². The van der Waals surface area contributed by atoms with Crippen molar-refractivity contribution in [1.29, 1.82) is 0 Å². The quantitative estimate of drug-likeness (QED) is 0.484. The number of carbonyl (C=O) groups is 2. The van der Waals surface area contributed by atoms with Gasteiger partial charge in [0.2, 0.25) is 5.91 Å². The number of nitrogens with zero attached hydrogens (tertiary/aromatic N) is 1. The van der Waals surface area contributed by atoms with Gasteiger partial charge >= 0.3 is 5.97 Å². The highest BCUT2D eigenvalue weighted by Crippen LogP contribution is 2.47. The molecule has 0 aromatic heterocycles. The van der Waals surface area contributed by atoms with E-state index in [0.29, 0.717) is 0 Å². The molecule has 0 aromatic carbocycles. The van der Waals surface area contributed by atoms with Gasteiger partial charge in [-0.1, -0.05) is 6.32 Å². The number of rotatable bonds is 2. The Morgan fingerprint density at radius 3 is 2.62 bits per heavy atom. The molecule has 0 aliphatic carbocycles. The zero-order valence-electron chi connectivity index (χ0n) is 8.58. The molecule has 0 spiro atoms. The number of sulfone groups is 1. The first-order valence-corrected chi connectivity index (χ1v) is 6.29. The van der Waals surface area contributed by atoms with Crippen LogP contribution in [-0.2, 0) is 19.4 Å². The summed E-state index contributed by atoms with van der Waals surface area (Å²) in [5.41, 5.74) is 0. The molecule has 16 heavy (non-hydrogen) atoms. The van der Waals surface area contributed by atoms with Crippen LogP contribution in [-0.4, -0.2) is 54.3 Å². The average molecular weight is 243 g/mol. The van der Waals surface area contributed by atoms with Gasteiger partial charge in [-0.25, -0.2) is 13.2 Å². The standard InChI is InChI=1S/C8H10BNO5S/c1-8(3-9)6(7(12)13)10-4(11)2-5(10)16(8,14)15/h5-6H,2-3H2,1H3,(H,12,13). The Morgan fingerprint density at radius 2 is 2.25 bits per heavy atom. The first kappa shape index (κ1) is 11.4. The lowest BCUT2D eigenvalue weighted by molar-refractivity contribution is -0.157. The summed E-state index contributed by atoms with van der Waals surface area (Å²) in [5, 5.41) is 8.03. The van der Waals surface area contributed by atoms with Gasteiger partial charge in [0.15, 0.2) is 9.84 Å². The normalized spacial score (nSPS) is 40.3. The van der Waals surface area contributed by atoms with Crippen molar-refractivity contribution in [3.8, 4) is 0 Å². The van der Waals surface area contributed by atoms with E-state index in [1.165, 1.54) is 6.92 Å². The molecule has 2 aliphatic heterocycles. The van der Waals surface area contributed by atoms with Crippen LogP contribution in [0.15, 0.2) is 0 Å². The summed E-state index contributed by atoms with van der Waals surface area (Å²) >= 11 is 0. The molecule has 2 saturated heterocycles. The topological polar surface area (TPSA) is 91.8 Å². The monoisotopic (exact) mass is 243 g/mol. The molecule has 0 bridgehead atoms. The summed E-state index contributed by atoms with van der Waals surface area (Å²) in [4.78, 5) is 23.3. The molecule has 1 amide bonds. The van der Waals surface area contributed by atoms with Crippen molar-refractivity contribution in [2.45, 2.75) is 35.8 Å². The SMILES string of the molecule is [B]CC1(C)C(C(=O)O)N2C(=O)CC2S1(=O)=O. The van der Waals surface area contributed by atoms with Crippen LogP contribution in [0.1, 0.15) is 13.3 Å². The van der Waals surface area contributed by atoms with Gasteiger partial charge in [0.05, 0.1) is 19.0 Å². The maximum absolute atomic E-state index is 12.0. The van der Waals surface area contributed by atoms with Crippen LogP contribution in [0, 0.1) is 0 Å². The number of hydrogen-bond donors (Lipinski definition) is 1. The van der Waals surface area contributed by atoms with Crippen LogP contribution >= 0.6 is 0 Å². The smallest absolute Gasteiger partial charge is 0.328 e. The number of amides is 1. The summed E-state index contributed by atoms with van der Waals surface area (Å²) in [6, 6.07) is -1.37. The van der Waals surface area contributed by atoms with E-state index in [-0.39, 0.29) is 12.7 Å². The third-order valence-electron chi connectivity index (χ3n) is 3.45. The van der Waals surface area contributed by atoms with Crippen molar-refractivity contribution >= 4 is 29.6 Å². The second-order valence-electron chi connectivity index (χ2n) is 4.26. The van der Waals surface area contributed by atoms with E-state index in [2.05, 4.69) is 0 Å². The fourth-order valence-electron chi connectivity index (χ4n) is 2.34. The van der Waals surface area contributed by atoms with Crippen molar-refractivity contribution in [2.24, 2.45) is 0 Å². The van der Waals surface area contributed by atoms with Gasteiger partial charge in [0.1, 0.15) is 11.4 Å². The van der Waals surface area contributed by atoms with Crippen molar-refractivity contribution in [1.82, 2.24) is 4.90 Å². The molecule has 2 radical (unpaired) electrons. The molecule has 3 atom stereocenters. The molecule has 2 heterocycles. The Hall–Kier alpha value is -1.05. The van der Waals surface area contributed by atoms with Crippen molar-refractivity contribution in [3.63, 3.8) is 0 Å². The number of aliphatic carboxylic acids is 1. The summed E-state index contributed by atoms with van der Waals surface area (Å²) in [5.74, 6) is -1.77. The van der Waals surface area contributed by atoms with Crippen LogP contribution in [0.25, 0.3) is 0 Å². The van der Waals surface area contributed by atoms with E-state index in [9.17, 15) is 18.0 Å². The Morgan fingerprint density at radius 1 is 1.69 bits per heavy atom. The largest absolute Gasteiger partial charge is 0.480 e. The molecule has 3 unspecified atom stereocenters. The van der Waals surface area contributed by atoms with E-state index in [1.54, 1.807) is 0 Å². The molecular weight excluding hydrogens is 233 g/mol. The van der Waals surface area contributed by atoms with Crippen LogP contribution in [0.3, 0.4) is 0 Å². The first-order chi connectivity index (χ1) is 7.27. The predicted molar refractivity (Wildman–Crippen MR) is 54.6 cm³/mol. The number of fused-ring (bicyclic) bond motifs is 1. The van der Waals surface area contributed by atoms with Gasteiger partial charge in [-0.15, -0.1) is 0 Å². The second-order valence-corrected chi connectivity index (χ2v) is 6.83. The Labute approximate surface area is 93.9 Å². The number of hydrogen-bond acceptors (Lipinski definition) is 4. The van der Waals surface area contributed by atoms with Gasteiger partial charge in [-0.2, -0.15) is 0 Å². The lowest BCUT2D eigenvalue weighted by Crippen LogP contribution is -2.57. The first-order valence-electron chi connectivity index (χ1n) is 4.75. The summed E-state index contributed by atoms with van der Waals surface area (Å²) in [7, 11) is 1.68. The van der Waals surface area contributed by atoms with Crippen LogP contribution < -0.4 is 0 Å². The Kier molecular flexibility index (Phi) is 2.14. The highest BCUT2D eigenvalue weighted by atomic mass is 32.2. The maximum Gasteiger partial charge on any atom is 0.328 e. The lowest BCUT2D eigenvalue weighted by Gasteiger charge is -2.35. The molecule has 2 rings (SSSR count). The lowest BCUT2D eigenvalue weighted by atomic mass is 9.84. The molecular formula is C8H10BNO5S. The second kappa shape index (κ2) is 3.00. The van der Waals surface area contributed by atoms with Gasteiger partial charge in [-0.3, -0.25) is 4.79 Å². The van der Waals surface area contributed by atoms with E-state index in [1.807, 2.05) is 0 Å². The summed E-state index contributed by atoms with van der Waals surface area (Å²) in [6.07, 6.45) is -0.450. The van der Waals surface area contributed by atoms with Crippen LogP contribution in [0.4, 0.5) is 0 Å². The fraction of sp³-hybridized carbons (Fsp3) is 0.750. The van der Waals surface area contributed by atoms with Crippen molar-refractivity contribution in [3.05, 3.63) is 0 Å². The van der Waals surface area contributed by atoms with Crippen molar-refractivity contribution in [2.75, 3.05) is 0 Å². The average Bonchev–Trinajstić information content (AvgIpc) is 2.32. The zero-order valence-corrected chi connectivity index (χ0v) is 9.40. The molecule has 1 N–H and O–H groups in total. The maximum atomic E-state index is 12.0. The minimum atomic E-state index is -3.71. The van der Waals surface area contributed by atoms with Gasteiger partial charge in [0.25, 0.3) is 0 Å². The van der Waals surface area contributed by atoms with Crippen LogP contribution in [0.5, 0.6) is 0 Å². The summed E-state index contributed by atoms with van der Waals surface area (Å²) < 4.78 is 22.5. The highest BCUT2D eigenvalue weighted by Gasteiger charge is 2.68. The Balaban J connectivity index is 2.59. The number of carboxylic acid groups (broad SMARTS) is 1. The van der Waals surface area contributed by atoms with Gasteiger partial charge < -0.3 is 10.0 Å². The van der Waals surface area contributed by atoms with Gasteiger partial charge in [-0.05, 0) is 6.92 Å². The molecule has 2 fully saturated rings. The number of carboxylic acids is 1. The molecule has 0 aromatic rings. The summed E-state index contributed by atoms with van der Waals surface area (Å²) in [6.45, 7) is 1.28. The molecule has 0 saturated carbocycles. The predicted octanol–water partition coefficient (Wildman–Crippen LogP) is -1.23. The Bertz CT molecular complexity index is 475.